The Morgan fingerprint density at radius 2 is 1.63 bits per heavy atom. The summed E-state index contributed by atoms with van der Waals surface area (Å²) >= 11 is 0. The van der Waals surface area contributed by atoms with Crippen LogP contribution in [-0.4, -0.2) is 45.5 Å². The van der Waals surface area contributed by atoms with Crippen LogP contribution in [0, 0.1) is 11.6 Å². The summed E-state index contributed by atoms with van der Waals surface area (Å²) in [5.41, 5.74) is 0.840. The van der Waals surface area contributed by atoms with Crippen LogP contribution in [0.2, 0.25) is 0 Å². The third kappa shape index (κ3) is 4.61. The highest BCUT2D eigenvalue weighted by atomic mass is 32.2. The van der Waals surface area contributed by atoms with E-state index in [-0.39, 0.29) is 18.0 Å². The van der Waals surface area contributed by atoms with Crippen LogP contribution >= 0.6 is 0 Å². The molecule has 0 bridgehead atoms. The summed E-state index contributed by atoms with van der Waals surface area (Å²) in [7, 11) is -4.42. The minimum atomic E-state index is -4.42. The van der Waals surface area contributed by atoms with E-state index in [1.165, 1.54) is 12.1 Å². The maximum Gasteiger partial charge on any atom is 0.267 e. The molecule has 2 aromatic carbocycles. The van der Waals surface area contributed by atoms with Gasteiger partial charge in [0.15, 0.2) is 4.90 Å². The Balaban J connectivity index is 1.69. The van der Waals surface area contributed by atoms with E-state index in [0.29, 0.717) is 31.9 Å². The van der Waals surface area contributed by atoms with E-state index in [2.05, 4.69) is 4.72 Å². The standard InChI is InChI=1S/C18H18F2N2O4S/c19-15-2-1-3-16(20)18(15)27(24,25)21-14-6-4-13(5-7-14)12-17(23)22-8-10-26-11-9-22/h1-7,21H,8-12H2. The highest BCUT2D eigenvalue weighted by Gasteiger charge is 2.24. The second-order valence-corrected chi connectivity index (χ2v) is 7.64. The summed E-state index contributed by atoms with van der Waals surface area (Å²) in [6.45, 7) is 2.12. The molecule has 3 rings (SSSR count). The first-order valence-corrected chi connectivity index (χ1v) is 9.76. The molecule has 0 radical (unpaired) electrons. The zero-order chi connectivity index (χ0) is 19.4. The number of ether oxygens (including phenoxy) is 1. The van der Waals surface area contributed by atoms with E-state index < -0.39 is 26.6 Å². The number of rotatable bonds is 5. The van der Waals surface area contributed by atoms with E-state index in [1.807, 2.05) is 0 Å². The van der Waals surface area contributed by atoms with Crippen molar-refractivity contribution < 1.29 is 26.7 Å². The first-order valence-electron chi connectivity index (χ1n) is 8.28. The van der Waals surface area contributed by atoms with E-state index in [1.54, 1.807) is 17.0 Å². The van der Waals surface area contributed by atoms with Crippen LogP contribution < -0.4 is 4.72 Å². The Morgan fingerprint density at radius 1 is 1.04 bits per heavy atom. The molecule has 1 amide bonds. The van der Waals surface area contributed by atoms with Gasteiger partial charge in [-0.3, -0.25) is 9.52 Å². The highest BCUT2D eigenvalue weighted by Crippen LogP contribution is 2.22. The van der Waals surface area contributed by atoms with Gasteiger partial charge in [-0.25, -0.2) is 17.2 Å². The van der Waals surface area contributed by atoms with Crippen LogP contribution in [0.5, 0.6) is 0 Å². The maximum atomic E-state index is 13.7. The number of amides is 1. The fourth-order valence-corrected chi connectivity index (χ4v) is 3.93. The number of morpholine rings is 1. The molecule has 6 nitrogen and oxygen atoms in total. The van der Waals surface area contributed by atoms with E-state index >= 15 is 0 Å². The number of anilines is 1. The van der Waals surface area contributed by atoms with E-state index in [9.17, 15) is 22.0 Å². The molecule has 0 aliphatic carbocycles. The normalized spacial score (nSPS) is 14.8. The lowest BCUT2D eigenvalue weighted by Gasteiger charge is -2.26. The molecule has 0 spiro atoms. The van der Waals surface area contributed by atoms with Crippen molar-refractivity contribution in [3.05, 3.63) is 59.7 Å². The predicted molar refractivity (Wildman–Crippen MR) is 94.7 cm³/mol. The number of carbonyl (C=O) groups is 1. The van der Waals surface area contributed by atoms with E-state index in [0.717, 1.165) is 18.2 Å². The molecular formula is C18H18F2N2O4S. The van der Waals surface area contributed by atoms with Crippen molar-refractivity contribution in [2.24, 2.45) is 0 Å². The highest BCUT2D eigenvalue weighted by molar-refractivity contribution is 7.92. The average Bonchev–Trinajstić information content (AvgIpc) is 2.63. The molecule has 1 aliphatic heterocycles. The second-order valence-electron chi connectivity index (χ2n) is 6.02. The maximum absolute atomic E-state index is 13.7. The molecule has 1 fully saturated rings. The zero-order valence-electron chi connectivity index (χ0n) is 14.3. The number of benzene rings is 2. The summed E-state index contributed by atoms with van der Waals surface area (Å²) < 4.78 is 59.3. The molecular weight excluding hydrogens is 378 g/mol. The van der Waals surface area contributed by atoms with Crippen LogP contribution in [-0.2, 0) is 26.0 Å². The number of nitrogens with one attached hydrogen (secondary N) is 1. The zero-order valence-corrected chi connectivity index (χ0v) is 15.1. The largest absolute Gasteiger partial charge is 0.378 e. The molecule has 0 atom stereocenters. The molecule has 0 saturated carbocycles. The summed E-state index contributed by atoms with van der Waals surface area (Å²) in [5.74, 6) is -2.38. The van der Waals surface area contributed by atoms with Crippen molar-refractivity contribution in [2.75, 3.05) is 31.0 Å². The van der Waals surface area contributed by atoms with Gasteiger partial charge >= 0.3 is 0 Å². The lowest BCUT2D eigenvalue weighted by molar-refractivity contribution is -0.134. The molecule has 1 aliphatic rings. The predicted octanol–water partition coefficient (Wildman–Crippen LogP) is 2.17. The molecule has 0 aromatic heterocycles. The third-order valence-corrected chi connectivity index (χ3v) is 5.54. The van der Waals surface area contributed by atoms with Gasteiger partial charge in [0, 0.05) is 18.8 Å². The minimum absolute atomic E-state index is 0.0416. The number of sulfonamides is 1. The van der Waals surface area contributed by atoms with Crippen LogP contribution in [0.1, 0.15) is 5.56 Å². The van der Waals surface area contributed by atoms with Gasteiger partial charge < -0.3 is 9.64 Å². The number of hydrogen-bond acceptors (Lipinski definition) is 4. The summed E-state index contributed by atoms with van der Waals surface area (Å²) in [5, 5.41) is 0. The van der Waals surface area contributed by atoms with Gasteiger partial charge in [0.05, 0.1) is 19.6 Å². The molecule has 0 unspecified atom stereocenters. The topological polar surface area (TPSA) is 75.7 Å². The van der Waals surface area contributed by atoms with Crippen molar-refractivity contribution in [2.45, 2.75) is 11.3 Å². The first kappa shape index (κ1) is 19.2. The third-order valence-electron chi connectivity index (χ3n) is 4.11. The van der Waals surface area contributed by atoms with Gasteiger partial charge in [-0.2, -0.15) is 0 Å². The quantitative estimate of drug-likeness (QED) is 0.841. The Bertz CT molecular complexity index is 907. The summed E-state index contributed by atoms with van der Waals surface area (Å²) in [6, 6.07) is 8.90. The van der Waals surface area contributed by atoms with Crippen LogP contribution in [0.3, 0.4) is 0 Å². The molecule has 9 heteroatoms. The van der Waals surface area contributed by atoms with E-state index in [4.69, 9.17) is 4.74 Å². The monoisotopic (exact) mass is 396 g/mol. The number of hydrogen-bond donors (Lipinski definition) is 1. The molecule has 27 heavy (non-hydrogen) atoms. The first-order chi connectivity index (χ1) is 12.9. The summed E-state index contributed by atoms with van der Waals surface area (Å²) in [6.07, 6.45) is 0.176. The number of halogens is 2. The average molecular weight is 396 g/mol. The summed E-state index contributed by atoms with van der Waals surface area (Å²) in [4.78, 5) is 12.9. The Kier molecular flexibility index (Phi) is 5.71. The molecule has 2 aromatic rings. The van der Waals surface area contributed by atoms with Crippen molar-refractivity contribution in [3.63, 3.8) is 0 Å². The van der Waals surface area contributed by atoms with Gasteiger partial charge in [0.1, 0.15) is 11.6 Å². The molecule has 1 heterocycles. The Hall–Kier alpha value is -2.52. The van der Waals surface area contributed by atoms with Crippen molar-refractivity contribution >= 4 is 21.6 Å². The second kappa shape index (κ2) is 8.01. The number of nitrogens with zero attached hydrogens (tertiary/aromatic N) is 1. The van der Waals surface area contributed by atoms with Gasteiger partial charge in [0.25, 0.3) is 10.0 Å². The molecule has 1 saturated heterocycles. The Morgan fingerprint density at radius 3 is 2.22 bits per heavy atom. The SMILES string of the molecule is O=C(Cc1ccc(NS(=O)(=O)c2c(F)cccc2F)cc1)N1CCOCC1. The minimum Gasteiger partial charge on any atom is -0.378 e. The van der Waals surface area contributed by atoms with Crippen LogP contribution in [0.25, 0.3) is 0 Å². The van der Waals surface area contributed by atoms with Crippen LogP contribution in [0.4, 0.5) is 14.5 Å². The van der Waals surface area contributed by atoms with Crippen molar-refractivity contribution in [1.82, 2.24) is 4.90 Å². The fourth-order valence-electron chi connectivity index (χ4n) is 2.74. The van der Waals surface area contributed by atoms with Gasteiger partial charge in [-0.15, -0.1) is 0 Å². The van der Waals surface area contributed by atoms with Gasteiger partial charge in [0.2, 0.25) is 5.91 Å². The number of carbonyl (C=O) groups excluding carboxylic acids is 1. The lowest BCUT2D eigenvalue weighted by Crippen LogP contribution is -2.41. The van der Waals surface area contributed by atoms with Gasteiger partial charge in [-0.05, 0) is 29.8 Å². The smallest absolute Gasteiger partial charge is 0.267 e. The lowest BCUT2D eigenvalue weighted by atomic mass is 10.1. The van der Waals surface area contributed by atoms with Gasteiger partial charge in [-0.1, -0.05) is 18.2 Å². The molecule has 1 N–H and O–H groups in total. The van der Waals surface area contributed by atoms with Crippen LogP contribution in [0.15, 0.2) is 47.4 Å². The van der Waals surface area contributed by atoms with Crippen molar-refractivity contribution in [3.8, 4) is 0 Å². The van der Waals surface area contributed by atoms with Crippen molar-refractivity contribution in [1.29, 1.82) is 0 Å². The Labute approximate surface area is 155 Å². The molecule has 144 valence electrons. The fraction of sp³-hybridized carbons (Fsp3) is 0.278.